The monoisotopic (exact) mass is 485 g/mol. The molecule has 1 N–H and O–H groups in total. The summed E-state index contributed by atoms with van der Waals surface area (Å²) in [6, 6.07) is 4.24. The van der Waals surface area contributed by atoms with Crippen molar-refractivity contribution in [1.82, 2.24) is 14.5 Å². The first-order valence-corrected chi connectivity index (χ1v) is 12.9. The number of piperidine rings is 1. The van der Waals surface area contributed by atoms with Crippen molar-refractivity contribution in [3.8, 4) is 0 Å². The van der Waals surface area contributed by atoms with Crippen LogP contribution in [0.15, 0.2) is 23.1 Å². The standard InChI is InChI=1S/C22H32ClN3O5S/c1-14(2)22(28)25-9-7-18(8-10-25)24-21(27)17-5-6-19(23)20(11-17)32(29,30)26-12-15(3)31-16(4)13-26/h5-6,11,14-16,18H,7-10,12-13H2,1-4H3,(H,24,27)/t15-,16+. The normalized spacial score (nSPS) is 23.4. The smallest absolute Gasteiger partial charge is 0.251 e. The van der Waals surface area contributed by atoms with Crippen LogP contribution in [0.3, 0.4) is 0 Å². The second-order valence-corrected chi connectivity index (χ2v) is 11.3. The zero-order valence-electron chi connectivity index (χ0n) is 19.0. The number of nitrogens with zero attached hydrogens (tertiary/aromatic N) is 2. The second kappa shape index (κ2) is 10.1. The molecule has 8 nitrogen and oxygen atoms in total. The molecule has 2 fully saturated rings. The number of morpholine rings is 1. The molecule has 2 aliphatic heterocycles. The van der Waals surface area contributed by atoms with E-state index in [-0.39, 0.29) is 64.6 Å². The quantitative estimate of drug-likeness (QED) is 0.691. The summed E-state index contributed by atoms with van der Waals surface area (Å²) < 4.78 is 33.5. The Morgan fingerprint density at radius 1 is 1.12 bits per heavy atom. The van der Waals surface area contributed by atoms with Crippen LogP contribution in [0.4, 0.5) is 0 Å². The minimum Gasteiger partial charge on any atom is -0.373 e. The van der Waals surface area contributed by atoms with Gasteiger partial charge in [-0.25, -0.2) is 8.42 Å². The van der Waals surface area contributed by atoms with Crippen molar-refractivity contribution < 1.29 is 22.7 Å². The van der Waals surface area contributed by atoms with E-state index in [2.05, 4.69) is 5.32 Å². The summed E-state index contributed by atoms with van der Waals surface area (Å²) in [6.07, 6.45) is 0.860. The summed E-state index contributed by atoms with van der Waals surface area (Å²) in [5, 5.41) is 3.04. The molecule has 0 unspecified atom stereocenters. The summed E-state index contributed by atoms with van der Waals surface area (Å²) in [5.74, 6) is -0.280. The molecule has 0 radical (unpaired) electrons. The van der Waals surface area contributed by atoms with Gasteiger partial charge in [0.1, 0.15) is 4.90 Å². The van der Waals surface area contributed by atoms with Gasteiger partial charge in [-0.05, 0) is 44.9 Å². The highest BCUT2D eigenvalue weighted by atomic mass is 35.5. The van der Waals surface area contributed by atoms with E-state index in [0.29, 0.717) is 25.9 Å². The Kier molecular flexibility index (Phi) is 7.85. The number of nitrogens with one attached hydrogen (secondary N) is 1. The van der Waals surface area contributed by atoms with Crippen LogP contribution in [0.25, 0.3) is 0 Å². The first kappa shape index (κ1) is 25.0. The van der Waals surface area contributed by atoms with Crippen LogP contribution in [-0.4, -0.2) is 73.9 Å². The number of hydrogen-bond acceptors (Lipinski definition) is 5. The molecule has 2 heterocycles. The molecule has 2 amide bonds. The molecule has 10 heteroatoms. The van der Waals surface area contributed by atoms with Gasteiger partial charge in [-0.15, -0.1) is 0 Å². The number of halogens is 1. The minimum atomic E-state index is -3.88. The van der Waals surface area contributed by atoms with Crippen molar-refractivity contribution in [1.29, 1.82) is 0 Å². The van der Waals surface area contributed by atoms with Crippen LogP contribution in [0.5, 0.6) is 0 Å². The highest BCUT2D eigenvalue weighted by Crippen LogP contribution is 2.28. The highest BCUT2D eigenvalue weighted by Gasteiger charge is 2.34. The number of rotatable bonds is 5. The fraction of sp³-hybridized carbons (Fsp3) is 0.636. The molecular formula is C22H32ClN3O5S. The number of carbonyl (C=O) groups is 2. The van der Waals surface area contributed by atoms with Crippen molar-refractivity contribution >= 4 is 33.4 Å². The van der Waals surface area contributed by atoms with E-state index < -0.39 is 10.0 Å². The maximum absolute atomic E-state index is 13.2. The highest BCUT2D eigenvalue weighted by molar-refractivity contribution is 7.89. The van der Waals surface area contributed by atoms with E-state index in [1.54, 1.807) is 0 Å². The first-order chi connectivity index (χ1) is 15.0. The maximum Gasteiger partial charge on any atom is 0.251 e. The van der Waals surface area contributed by atoms with E-state index in [9.17, 15) is 18.0 Å². The molecule has 1 aromatic carbocycles. The van der Waals surface area contributed by atoms with Crippen molar-refractivity contribution in [3.63, 3.8) is 0 Å². The Morgan fingerprint density at radius 3 is 2.28 bits per heavy atom. The number of benzene rings is 1. The topological polar surface area (TPSA) is 96.0 Å². The summed E-state index contributed by atoms with van der Waals surface area (Å²) in [5.41, 5.74) is 0.239. The Bertz CT molecular complexity index is 950. The predicted molar refractivity (Wildman–Crippen MR) is 122 cm³/mol. The van der Waals surface area contributed by atoms with Crippen LogP contribution < -0.4 is 5.32 Å². The number of likely N-dealkylation sites (tertiary alicyclic amines) is 1. The van der Waals surface area contributed by atoms with Gasteiger partial charge in [0.25, 0.3) is 5.91 Å². The third-order valence-corrected chi connectivity index (χ3v) is 8.15. The lowest BCUT2D eigenvalue weighted by molar-refractivity contribution is -0.135. The minimum absolute atomic E-state index is 0.0481. The fourth-order valence-corrected chi connectivity index (χ4v) is 6.28. The third kappa shape index (κ3) is 5.62. The average Bonchev–Trinajstić information content (AvgIpc) is 2.73. The van der Waals surface area contributed by atoms with E-state index in [1.165, 1.54) is 22.5 Å². The third-order valence-electron chi connectivity index (χ3n) is 5.83. The van der Waals surface area contributed by atoms with Gasteiger partial charge < -0.3 is 15.0 Å². The van der Waals surface area contributed by atoms with Gasteiger partial charge >= 0.3 is 0 Å². The number of ether oxygens (including phenoxy) is 1. The molecule has 1 aromatic rings. The van der Waals surface area contributed by atoms with Crippen LogP contribution in [0.2, 0.25) is 5.02 Å². The molecular weight excluding hydrogens is 454 g/mol. The van der Waals surface area contributed by atoms with E-state index in [4.69, 9.17) is 16.3 Å². The lowest BCUT2D eigenvalue weighted by Gasteiger charge is -2.34. The fourth-order valence-electron chi connectivity index (χ4n) is 4.19. The van der Waals surface area contributed by atoms with E-state index >= 15 is 0 Å². The Labute approximate surface area is 195 Å². The molecule has 0 aromatic heterocycles. The Morgan fingerprint density at radius 2 is 1.72 bits per heavy atom. The summed E-state index contributed by atoms with van der Waals surface area (Å²) in [7, 11) is -3.88. The molecule has 2 saturated heterocycles. The van der Waals surface area contributed by atoms with Gasteiger partial charge in [-0.3, -0.25) is 9.59 Å². The molecule has 0 aliphatic carbocycles. The SMILES string of the molecule is CC(C)C(=O)N1CCC(NC(=O)c2ccc(Cl)c(S(=O)(=O)N3C[C@@H](C)O[C@@H](C)C3)c2)CC1. The van der Waals surface area contributed by atoms with Crippen LogP contribution in [0, 0.1) is 5.92 Å². The molecule has 3 rings (SSSR count). The molecule has 178 valence electrons. The Hall–Kier alpha value is -1.68. The van der Waals surface area contributed by atoms with Gasteiger partial charge in [0, 0.05) is 43.7 Å². The van der Waals surface area contributed by atoms with Crippen molar-refractivity contribution in [3.05, 3.63) is 28.8 Å². The van der Waals surface area contributed by atoms with Crippen molar-refractivity contribution in [2.75, 3.05) is 26.2 Å². The van der Waals surface area contributed by atoms with Gasteiger partial charge in [0.2, 0.25) is 15.9 Å². The van der Waals surface area contributed by atoms with Crippen LogP contribution in [-0.2, 0) is 19.6 Å². The maximum atomic E-state index is 13.2. The van der Waals surface area contributed by atoms with Gasteiger partial charge in [0.15, 0.2) is 0 Å². The molecule has 0 bridgehead atoms. The predicted octanol–water partition coefficient (Wildman–Crippen LogP) is 2.51. The lowest BCUT2D eigenvalue weighted by Crippen LogP contribution is -2.48. The van der Waals surface area contributed by atoms with Crippen LogP contribution >= 0.6 is 11.6 Å². The van der Waals surface area contributed by atoms with Crippen molar-refractivity contribution in [2.24, 2.45) is 5.92 Å². The second-order valence-electron chi connectivity index (χ2n) is 8.95. The van der Waals surface area contributed by atoms with E-state index in [1.807, 2.05) is 32.6 Å². The van der Waals surface area contributed by atoms with Crippen LogP contribution in [0.1, 0.15) is 50.9 Å². The largest absolute Gasteiger partial charge is 0.373 e. The first-order valence-electron chi connectivity index (χ1n) is 11.0. The number of sulfonamides is 1. The summed E-state index contributed by atoms with van der Waals surface area (Å²) >= 11 is 6.23. The average molecular weight is 486 g/mol. The zero-order valence-corrected chi connectivity index (χ0v) is 20.6. The Balaban J connectivity index is 1.70. The molecule has 2 atom stereocenters. The number of amides is 2. The van der Waals surface area contributed by atoms with Crippen molar-refractivity contribution in [2.45, 2.75) is 63.7 Å². The summed E-state index contributed by atoms with van der Waals surface area (Å²) in [4.78, 5) is 26.7. The summed E-state index contributed by atoms with van der Waals surface area (Å²) in [6.45, 7) is 9.04. The number of hydrogen-bond donors (Lipinski definition) is 1. The molecule has 32 heavy (non-hydrogen) atoms. The van der Waals surface area contributed by atoms with Gasteiger partial charge in [0.05, 0.1) is 17.2 Å². The molecule has 0 spiro atoms. The molecule has 2 aliphatic rings. The zero-order chi connectivity index (χ0) is 23.6. The lowest BCUT2D eigenvalue weighted by atomic mass is 10.0. The number of carbonyl (C=O) groups excluding carboxylic acids is 2. The van der Waals surface area contributed by atoms with Gasteiger partial charge in [-0.2, -0.15) is 4.31 Å². The van der Waals surface area contributed by atoms with E-state index in [0.717, 1.165) is 0 Å². The van der Waals surface area contributed by atoms with Gasteiger partial charge in [-0.1, -0.05) is 25.4 Å². The molecule has 0 saturated carbocycles.